The first-order valence-electron chi connectivity index (χ1n) is 12.0. The first-order chi connectivity index (χ1) is 16.1. The highest BCUT2D eigenvalue weighted by atomic mass is 14.7. The van der Waals surface area contributed by atoms with E-state index in [0.29, 0.717) is 0 Å². The van der Waals surface area contributed by atoms with Crippen LogP contribution in [0.15, 0.2) is 85.2 Å². The van der Waals surface area contributed by atoms with Crippen molar-refractivity contribution in [3.63, 3.8) is 0 Å². The van der Waals surface area contributed by atoms with Crippen molar-refractivity contribution in [2.75, 3.05) is 0 Å². The maximum Gasteiger partial charge on any atom is 0.0714 e. The lowest BCUT2D eigenvalue weighted by Gasteiger charge is -2.21. The number of fused-ring (bicyclic) bond motifs is 2. The molecule has 5 aromatic rings. The number of nitrogens with zero attached hydrogens (tertiary/aromatic N) is 2. The summed E-state index contributed by atoms with van der Waals surface area (Å²) in [6.45, 7) is 13.3. The summed E-state index contributed by atoms with van der Waals surface area (Å²) in [5, 5.41) is 4.81. The Balaban J connectivity index is 1.81. The summed E-state index contributed by atoms with van der Waals surface area (Å²) in [6, 6.07) is 26.1. The molecule has 0 fully saturated rings. The second-order valence-corrected chi connectivity index (χ2v) is 11.2. The van der Waals surface area contributed by atoms with Gasteiger partial charge in [0, 0.05) is 23.5 Å². The van der Waals surface area contributed by atoms with Crippen LogP contribution < -0.4 is 0 Å². The van der Waals surface area contributed by atoms with E-state index in [2.05, 4.69) is 114 Å². The fraction of sp³-hybridized carbons (Fsp3) is 0.250. The Morgan fingerprint density at radius 1 is 0.441 bits per heavy atom. The lowest BCUT2D eigenvalue weighted by molar-refractivity contribution is 0.587. The molecule has 0 saturated heterocycles. The van der Waals surface area contributed by atoms with E-state index < -0.39 is 0 Å². The standard InChI is InChI=1S/C32H32N2/c1-31(2,3)21-15-17-27(33-19-21)29-23-11-7-9-13-25(23)30(26-14-10-8-12-24(26)29)28-18-16-22(20-34-28)32(4,5)6/h7-20H,1-6H3. The van der Waals surface area contributed by atoms with Crippen molar-refractivity contribution >= 4 is 21.5 Å². The van der Waals surface area contributed by atoms with Crippen molar-refractivity contribution in [3.8, 4) is 22.5 Å². The number of hydrogen-bond donors (Lipinski definition) is 0. The molecule has 0 aliphatic carbocycles. The Kier molecular flexibility index (Phi) is 5.28. The highest BCUT2D eigenvalue weighted by Crippen LogP contribution is 2.42. The SMILES string of the molecule is CC(C)(C)c1ccc(-c2c3ccccc3c(-c3ccc(C(C)(C)C)cn3)c3ccccc23)nc1. The van der Waals surface area contributed by atoms with Crippen LogP contribution in [-0.2, 0) is 10.8 Å². The highest BCUT2D eigenvalue weighted by Gasteiger charge is 2.20. The molecule has 0 unspecified atom stereocenters. The van der Waals surface area contributed by atoms with Gasteiger partial charge >= 0.3 is 0 Å². The van der Waals surface area contributed by atoms with E-state index >= 15 is 0 Å². The van der Waals surface area contributed by atoms with Gasteiger partial charge in [-0.05, 0) is 55.6 Å². The monoisotopic (exact) mass is 444 g/mol. The van der Waals surface area contributed by atoms with Crippen LogP contribution in [-0.4, -0.2) is 9.97 Å². The van der Waals surface area contributed by atoms with E-state index in [1.807, 2.05) is 12.4 Å². The minimum absolute atomic E-state index is 0.0738. The van der Waals surface area contributed by atoms with Crippen LogP contribution in [0.1, 0.15) is 52.7 Å². The van der Waals surface area contributed by atoms with E-state index in [1.54, 1.807) is 0 Å². The van der Waals surface area contributed by atoms with Crippen LogP contribution in [0.2, 0.25) is 0 Å². The molecule has 0 radical (unpaired) electrons. The molecular formula is C32H32N2. The molecule has 0 spiro atoms. The largest absolute Gasteiger partial charge is 0.256 e. The molecule has 3 aromatic carbocycles. The summed E-state index contributed by atoms with van der Waals surface area (Å²) in [6.07, 6.45) is 4.05. The predicted octanol–water partition coefficient (Wildman–Crippen LogP) is 8.71. The maximum absolute atomic E-state index is 4.94. The zero-order valence-electron chi connectivity index (χ0n) is 21.0. The molecule has 0 N–H and O–H groups in total. The van der Waals surface area contributed by atoms with Gasteiger partial charge in [0.1, 0.15) is 0 Å². The molecule has 5 rings (SSSR count). The van der Waals surface area contributed by atoms with Gasteiger partial charge in [-0.2, -0.15) is 0 Å². The second-order valence-electron chi connectivity index (χ2n) is 11.2. The topological polar surface area (TPSA) is 25.8 Å². The fourth-order valence-electron chi connectivity index (χ4n) is 4.65. The first kappa shape index (κ1) is 22.3. The van der Waals surface area contributed by atoms with Gasteiger partial charge in [0.05, 0.1) is 11.4 Å². The third-order valence-corrected chi connectivity index (χ3v) is 6.70. The van der Waals surface area contributed by atoms with Crippen LogP contribution in [0.3, 0.4) is 0 Å². The van der Waals surface area contributed by atoms with E-state index in [1.165, 1.54) is 43.8 Å². The first-order valence-corrected chi connectivity index (χ1v) is 12.0. The average Bonchev–Trinajstić information content (AvgIpc) is 2.81. The van der Waals surface area contributed by atoms with Crippen molar-refractivity contribution in [2.24, 2.45) is 0 Å². The molecule has 0 aliphatic rings. The van der Waals surface area contributed by atoms with E-state index in [0.717, 1.165) is 11.4 Å². The third kappa shape index (κ3) is 3.88. The van der Waals surface area contributed by atoms with Crippen molar-refractivity contribution in [1.29, 1.82) is 0 Å². The molecule has 34 heavy (non-hydrogen) atoms. The third-order valence-electron chi connectivity index (χ3n) is 6.70. The average molecular weight is 445 g/mol. The fourth-order valence-corrected chi connectivity index (χ4v) is 4.65. The zero-order valence-corrected chi connectivity index (χ0v) is 21.0. The number of hydrogen-bond acceptors (Lipinski definition) is 2. The molecule has 2 nitrogen and oxygen atoms in total. The Bertz CT molecular complexity index is 1310. The molecule has 0 atom stereocenters. The lowest BCUT2D eigenvalue weighted by atomic mass is 9.86. The lowest BCUT2D eigenvalue weighted by Crippen LogP contribution is -2.11. The van der Waals surface area contributed by atoms with E-state index in [-0.39, 0.29) is 10.8 Å². The molecule has 2 aromatic heterocycles. The molecule has 2 heterocycles. The summed E-state index contributed by atoms with van der Waals surface area (Å²) >= 11 is 0. The molecular weight excluding hydrogens is 412 g/mol. The van der Waals surface area contributed by atoms with Gasteiger partial charge in [0.25, 0.3) is 0 Å². The number of benzene rings is 3. The molecule has 2 heteroatoms. The number of rotatable bonds is 2. The van der Waals surface area contributed by atoms with Crippen molar-refractivity contribution in [2.45, 2.75) is 52.4 Å². The Hall–Kier alpha value is -3.52. The van der Waals surface area contributed by atoms with Gasteiger partial charge in [-0.1, -0.05) is 102 Å². The van der Waals surface area contributed by atoms with Gasteiger partial charge in [-0.25, -0.2) is 0 Å². The number of pyridine rings is 2. The van der Waals surface area contributed by atoms with Gasteiger partial charge in [-0.15, -0.1) is 0 Å². The van der Waals surface area contributed by atoms with E-state index in [9.17, 15) is 0 Å². The predicted molar refractivity (Wildman–Crippen MR) is 145 cm³/mol. The number of aromatic nitrogens is 2. The summed E-state index contributed by atoms with van der Waals surface area (Å²) in [4.78, 5) is 9.88. The Morgan fingerprint density at radius 2 is 0.765 bits per heavy atom. The molecule has 0 aliphatic heterocycles. The zero-order chi connectivity index (χ0) is 24.1. The Labute approximate surface area is 202 Å². The Morgan fingerprint density at radius 3 is 1.00 bits per heavy atom. The summed E-state index contributed by atoms with van der Waals surface area (Å²) in [5.74, 6) is 0. The molecule has 0 bridgehead atoms. The normalized spacial score (nSPS) is 12.4. The van der Waals surface area contributed by atoms with Crippen molar-refractivity contribution in [1.82, 2.24) is 9.97 Å². The van der Waals surface area contributed by atoms with Crippen molar-refractivity contribution < 1.29 is 0 Å². The van der Waals surface area contributed by atoms with E-state index in [4.69, 9.17) is 9.97 Å². The van der Waals surface area contributed by atoms with Gasteiger partial charge < -0.3 is 0 Å². The summed E-state index contributed by atoms with van der Waals surface area (Å²) in [5.41, 5.74) is 7.00. The summed E-state index contributed by atoms with van der Waals surface area (Å²) < 4.78 is 0. The van der Waals surface area contributed by atoms with Crippen LogP contribution in [0.4, 0.5) is 0 Å². The molecule has 0 saturated carbocycles. The summed E-state index contributed by atoms with van der Waals surface area (Å²) in [7, 11) is 0. The van der Waals surface area contributed by atoms with Crippen LogP contribution >= 0.6 is 0 Å². The van der Waals surface area contributed by atoms with Crippen LogP contribution in [0.5, 0.6) is 0 Å². The van der Waals surface area contributed by atoms with Crippen LogP contribution in [0, 0.1) is 0 Å². The minimum atomic E-state index is 0.0738. The minimum Gasteiger partial charge on any atom is -0.256 e. The van der Waals surface area contributed by atoms with Gasteiger partial charge in [-0.3, -0.25) is 9.97 Å². The van der Waals surface area contributed by atoms with Crippen molar-refractivity contribution in [3.05, 3.63) is 96.3 Å². The van der Waals surface area contributed by atoms with Gasteiger partial charge in [0.2, 0.25) is 0 Å². The van der Waals surface area contributed by atoms with Crippen LogP contribution in [0.25, 0.3) is 44.1 Å². The highest BCUT2D eigenvalue weighted by molar-refractivity contribution is 6.20. The smallest absolute Gasteiger partial charge is 0.0714 e. The molecule has 170 valence electrons. The second kappa shape index (κ2) is 8.06. The molecule has 0 amide bonds. The maximum atomic E-state index is 4.94. The quantitative estimate of drug-likeness (QED) is 0.254. The van der Waals surface area contributed by atoms with Gasteiger partial charge in [0.15, 0.2) is 0 Å².